The maximum atomic E-state index is 14.2. The van der Waals surface area contributed by atoms with Crippen LogP contribution in [0, 0.1) is 11.6 Å². The number of thiazole rings is 1. The summed E-state index contributed by atoms with van der Waals surface area (Å²) in [4.78, 5) is 22.9. The second-order valence-corrected chi connectivity index (χ2v) is 10.4. The highest BCUT2D eigenvalue weighted by Crippen LogP contribution is 2.32. The Hall–Kier alpha value is -3.24. The number of sulfone groups is 1. The summed E-state index contributed by atoms with van der Waals surface area (Å²) in [5.41, 5.74) is 0.747. The minimum atomic E-state index is -3.52. The molecule has 0 radical (unpaired) electrons. The van der Waals surface area contributed by atoms with Crippen molar-refractivity contribution in [2.24, 2.45) is 0 Å². The van der Waals surface area contributed by atoms with E-state index in [0.29, 0.717) is 0 Å². The third kappa shape index (κ3) is 5.40. The molecule has 0 spiro atoms. The molecule has 6 nitrogen and oxygen atoms in total. The molecular weight excluding hydrogens is 468 g/mol. The first-order valence-electron chi connectivity index (χ1n) is 10.1. The minimum absolute atomic E-state index is 0.0180. The van der Waals surface area contributed by atoms with E-state index in [9.17, 15) is 22.0 Å². The molecule has 2 aromatic carbocycles. The molecule has 4 rings (SSSR count). The normalized spacial score (nSPS) is 11.6. The van der Waals surface area contributed by atoms with Crippen molar-refractivity contribution in [3.05, 3.63) is 84.2 Å². The lowest BCUT2D eigenvalue weighted by molar-refractivity contribution is -0.118. The number of hydrogen-bond donors (Lipinski definition) is 0. The van der Waals surface area contributed by atoms with Gasteiger partial charge in [-0.15, -0.1) is 0 Å². The second kappa shape index (κ2) is 9.72. The molecule has 170 valence electrons. The summed E-state index contributed by atoms with van der Waals surface area (Å²) < 4.78 is 53.1. The molecule has 0 aliphatic rings. The fourth-order valence-electron chi connectivity index (χ4n) is 3.29. The predicted octanol–water partition coefficient (Wildman–Crippen LogP) is 4.76. The summed E-state index contributed by atoms with van der Waals surface area (Å²) in [5, 5.41) is 0.210. The summed E-state index contributed by atoms with van der Waals surface area (Å²) in [6.45, 7) is 0.136. The van der Waals surface area contributed by atoms with Crippen molar-refractivity contribution >= 4 is 42.4 Å². The second-order valence-electron chi connectivity index (χ2n) is 7.30. The SMILES string of the molecule is O=C(CCCS(=O)(=O)c1ccccc1)N(Cc1ccncc1)c1nc2c(F)cc(F)cc2s1. The quantitative estimate of drug-likeness (QED) is 0.358. The van der Waals surface area contributed by atoms with E-state index in [1.54, 1.807) is 42.7 Å². The first-order chi connectivity index (χ1) is 15.8. The molecule has 0 aliphatic carbocycles. The molecule has 0 aliphatic heterocycles. The topological polar surface area (TPSA) is 80.2 Å². The Morgan fingerprint density at radius 1 is 1.03 bits per heavy atom. The van der Waals surface area contributed by atoms with Gasteiger partial charge in [-0.05, 0) is 42.3 Å². The van der Waals surface area contributed by atoms with Crippen LogP contribution in [-0.2, 0) is 21.2 Å². The standard InChI is InChI=1S/C23H19F2N3O3S2/c24-17-13-19(25)22-20(14-17)32-23(27-22)28(15-16-8-10-26-11-9-16)21(29)7-4-12-33(30,31)18-5-2-1-3-6-18/h1-3,5-6,8-11,13-14H,4,7,12,15H2. The van der Waals surface area contributed by atoms with Gasteiger partial charge in [0, 0.05) is 24.9 Å². The molecule has 0 unspecified atom stereocenters. The lowest BCUT2D eigenvalue weighted by Crippen LogP contribution is -2.30. The van der Waals surface area contributed by atoms with Crippen LogP contribution in [0.25, 0.3) is 10.2 Å². The van der Waals surface area contributed by atoms with E-state index >= 15 is 0 Å². The molecule has 2 heterocycles. The van der Waals surface area contributed by atoms with Gasteiger partial charge in [0.25, 0.3) is 0 Å². The zero-order chi connectivity index (χ0) is 23.4. The summed E-state index contributed by atoms with van der Waals surface area (Å²) >= 11 is 0.997. The van der Waals surface area contributed by atoms with Crippen molar-refractivity contribution < 1.29 is 22.0 Å². The largest absolute Gasteiger partial charge is 0.284 e. The number of rotatable bonds is 8. The predicted molar refractivity (Wildman–Crippen MR) is 123 cm³/mol. The Kier molecular flexibility index (Phi) is 6.75. The van der Waals surface area contributed by atoms with Gasteiger partial charge < -0.3 is 0 Å². The lowest BCUT2D eigenvalue weighted by Gasteiger charge is -2.20. The van der Waals surface area contributed by atoms with Gasteiger partial charge in [0.15, 0.2) is 20.8 Å². The van der Waals surface area contributed by atoms with Crippen LogP contribution in [0.1, 0.15) is 18.4 Å². The molecule has 0 atom stereocenters. The van der Waals surface area contributed by atoms with Crippen molar-refractivity contribution in [2.75, 3.05) is 10.7 Å². The Morgan fingerprint density at radius 3 is 2.48 bits per heavy atom. The van der Waals surface area contributed by atoms with E-state index < -0.39 is 21.5 Å². The van der Waals surface area contributed by atoms with Gasteiger partial charge in [-0.2, -0.15) is 0 Å². The molecule has 10 heteroatoms. The van der Waals surface area contributed by atoms with Gasteiger partial charge >= 0.3 is 0 Å². The maximum absolute atomic E-state index is 14.2. The third-order valence-electron chi connectivity index (χ3n) is 4.93. The average molecular weight is 488 g/mol. The number of amides is 1. The maximum Gasteiger partial charge on any atom is 0.229 e. The first-order valence-corrected chi connectivity index (χ1v) is 12.5. The first kappa shape index (κ1) is 22.9. The fourth-order valence-corrected chi connectivity index (χ4v) is 5.64. The molecule has 0 N–H and O–H groups in total. The Morgan fingerprint density at radius 2 is 1.76 bits per heavy atom. The number of carbonyl (C=O) groups is 1. The smallest absolute Gasteiger partial charge is 0.229 e. The molecular formula is C23H19F2N3O3S2. The van der Waals surface area contributed by atoms with E-state index in [0.717, 1.165) is 23.0 Å². The van der Waals surface area contributed by atoms with Crippen molar-refractivity contribution in [1.29, 1.82) is 0 Å². The van der Waals surface area contributed by atoms with Gasteiger partial charge in [0.1, 0.15) is 11.3 Å². The van der Waals surface area contributed by atoms with Gasteiger partial charge in [-0.3, -0.25) is 14.7 Å². The Labute approximate surface area is 193 Å². The summed E-state index contributed by atoms with van der Waals surface area (Å²) in [7, 11) is -3.52. The molecule has 0 saturated carbocycles. The molecule has 1 amide bonds. The van der Waals surface area contributed by atoms with Crippen molar-refractivity contribution in [3.8, 4) is 0 Å². The van der Waals surface area contributed by atoms with Crippen molar-refractivity contribution in [1.82, 2.24) is 9.97 Å². The number of aromatic nitrogens is 2. The number of benzene rings is 2. The number of anilines is 1. The Balaban J connectivity index is 1.56. The number of carbonyl (C=O) groups excluding carboxylic acids is 1. The van der Waals surface area contributed by atoms with Crippen LogP contribution in [0.15, 0.2) is 71.9 Å². The molecule has 33 heavy (non-hydrogen) atoms. The van der Waals surface area contributed by atoms with Gasteiger partial charge in [-0.1, -0.05) is 29.5 Å². The average Bonchev–Trinajstić information content (AvgIpc) is 3.22. The van der Waals surface area contributed by atoms with E-state index in [-0.39, 0.29) is 51.3 Å². The minimum Gasteiger partial charge on any atom is -0.284 e. The number of pyridine rings is 1. The van der Waals surface area contributed by atoms with Crippen molar-refractivity contribution in [3.63, 3.8) is 0 Å². The van der Waals surface area contributed by atoms with Gasteiger partial charge in [0.05, 0.1) is 21.9 Å². The number of nitrogens with zero attached hydrogens (tertiary/aromatic N) is 3. The van der Waals surface area contributed by atoms with E-state index in [1.807, 2.05) is 0 Å². The lowest BCUT2D eigenvalue weighted by atomic mass is 10.2. The number of halogens is 2. The van der Waals surface area contributed by atoms with E-state index in [2.05, 4.69) is 9.97 Å². The molecule has 0 fully saturated rings. The number of fused-ring (bicyclic) bond motifs is 1. The van der Waals surface area contributed by atoms with Crippen LogP contribution in [0.4, 0.5) is 13.9 Å². The summed E-state index contributed by atoms with van der Waals surface area (Å²) in [5.74, 6) is -2.09. The third-order valence-corrected chi connectivity index (χ3v) is 7.77. The molecule has 0 bridgehead atoms. The van der Waals surface area contributed by atoms with Crippen LogP contribution in [0.3, 0.4) is 0 Å². The highest BCUT2D eigenvalue weighted by molar-refractivity contribution is 7.91. The zero-order valence-electron chi connectivity index (χ0n) is 17.3. The van der Waals surface area contributed by atoms with Crippen LogP contribution in [0.2, 0.25) is 0 Å². The van der Waals surface area contributed by atoms with E-state index in [1.165, 1.54) is 23.1 Å². The number of hydrogen-bond acceptors (Lipinski definition) is 6. The monoisotopic (exact) mass is 487 g/mol. The Bertz CT molecular complexity index is 1380. The highest BCUT2D eigenvalue weighted by atomic mass is 32.2. The molecule has 0 saturated heterocycles. The fraction of sp³-hybridized carbons (Fsp3) is 0.174. The van der Waals surface area contributed by atoms with E-state index in [4.69, 9.17) is 0 Å². The van der Waals surface area contributed by atoms with Gasteiger partial charge in [-0.25, -0.2) is 22.2 Å². The zero-order valence-corrected chi connectivity index (χ0v) is 19.0. The van der Waals surface area contributed by atoms with Crippen molar-refractivity contribution in [2.45, 2.75) is 24.3 Å². The van der Waals surface area contributed by atoms with Gasteiger partial charge in [0.2, 0.25) is 5.91 Å². The molecule has 2 aromatic heterocycles. The highest BCUT2D eigenvalue weighted by Gasteiger charge is 2.23. The van der Waals surface area contributed by atoms with Crippen LogP contribution in [0.5, 0.6) is 0 Å². The summed E-state index contributed by atoms with van der Waals surface area (Å²) in [6.07, 6.45) is 3.22. The van der Waals surface area contributed by atoms with Crippen LogP contribution in [-0.4, -0.2) is 30.0 Å². The van der Waals surface area contributed by atoms with Crippen LogP contribution >= 0.6 is 11.3 Å². The van der Waals surface area contributed by atoms with Crippen LogP contribution < -0.4 is 4.90 Å². The summed E-state index contributed by atoms with van der Waals surface area (Å²) in [6, 6.07) is 13.4. The molecule has 4 aromatic rings.